The van der Waals surface area contributed by atoms with Crippen molar-refractivity contribution >= 4 is 11.9 Å². The van der Waals surface area contributed by atoms with Gasteiger partial charge in [-0.15, -0.1) is 0 Å². The zero-order valence-electron chi connectivity index (χ0n) is 13.6. The number of nitrogens with two attached hydrogens (primary N) is 1. The molecule has 2 heterocycles. The van der Waals surface area contributed by atoms with Crippen molar-refractivity contribution in [3.63, 3.8) is 0 Å². The molecule has 124 valence electrons. The highest BCUT2D eigenvalue weighted by molar-refractivity contribution is 6.06. The van der Waals surface area contributed by atoms with Gasteiger partial charge in [-0.25, -0.2) is 4.99 Å². The molecule has 0 spiro atoms. The molecule has 0 aromatic carbocycles. The first-order chi connectivity index (χ1) is 10.6. The third-order valence-corrected chi connectivity index (χ3v) is 5.31. The first-order valence-corrected chi connectivity index (χ1v) is 8.54. The lowest BCUT2D eigenvalue weighted by Crippen LogP contribution is -2.52. The lowest BCUT2D eigenvalue weighted by molar-refractivity contribution is -0.132. The molecule has 3 rings (SSSR count). The molecular formula is C16H28N4O2. The first kappa shape index (κ1) is 15.7. The molecule has 1 saturated heterocycles. The summed E-state index contributed by atoms with van der Waals surface area (Å²) < 4.78 is 5.42. The Labute approximate surface area is 132 Å². The van der Waals surface area contributed by atoms with Crippen LogP contribution in [0.1, 0.15) is 38.5 Å². The standard InChI is InChI=1S/C16H28N4O2/c1-19-14(21)16(18-15(19)17,11-13-5-3-2-4-6-13)12-20-7-9-22-10-8-20/h13H,2-12H2,1H3,(H2,17,18). The van der Waals surface area contributed by atoms with Crippen LogP contribution in [-0.4, -0.2) is 67.1 Å². The van der Waals surface area contributed by atoms with Crippen LogP contribution in [0.4, 0.5) is 0 Å². The molecule has 2 N–H and O–H groups in total. The highest BCUT2D eigenvalue weighted by atomic mass is 16.5. The van der Waals surface area contributed by atoms with Gasteiger partial charge in [0.2, 0.25) is 0 Å². The second-order valence-electron chi connectivity index (χ2n) is 6.96. The van der Waals surface area contributed by atoms with Gasteiger partial charge >= 0.3 is 0 Å². The fourth-order valence-electron chi connectivity index (χ4n) is 4.06. The number of morpholine rings is 1. The lowest BCUT2D eigenvalue weighted by atomic mass is 9.79. The van der Waals surface area contributed by atoms with Gasteiger partial charge in [0.15, 0.2) is 11.5 Å². The van der Waals surface area contributed by atoms with Crippen molar-refractivity contribution in [3.8, 4) is 0 Å². The van der Waals surface area contributed by atoms with Gasteiger partial charge in [-0.2, -0.15) is 0 Å². The Morgan fingerprint density at radius 2 is 1.95 bits per heavy atom. The number of rotatable bonds is 4. The monoisotopic (exact) mass is 308 g/mol. The number of guanidine groups is 1. The van der Waals surface area contributed by atoms with E-state index in [2.05, 4.69) is 9.89 Å². The molecule has 2 aliphatic heterocycles. The van der Waals surface area contributed by atoms with Crippen molar-refractivity contribution in [2.45, 2.75) is 44.1 Å². The van der Waals surface area contributed by atoms with Crippen molar-refractivity contribution in [2.24, 2.45) is 16.6 Å². The van der Waals surface area contributed by atoms with E-state index in [9.17, 15) is 4.79 Å². The van der Waals surface area contributed by atoms with Crippen molar-refractivity contribution in [3.05, 3.63) is 0 Å². The van der Waals surface area contributed by atoms with Crippen LogP contribution < -0.4 is 5.73 Å². The van der Waals surface area contributed by atoms with Gasteiger partial charge < -0.3 is 10.5 Å². The van der Waals surface area contributed by atoms with E-state index in [0.717, 1.165) is 32.7 Å². The van der Waals surface area contributed by atoms with Gasteiger partial charge in [-0.05, 0) is 12.3 Å². The largest absolute Gasteiger partial charge is 0.379 e. The summed E-state index contributed by atoms with van der Waals surface area (Å²) in [5, 5.41) is 0. The molecule has 1 saturated carbocycles. The lowest BCUT2D eigenvalue weighted by Gasteiger charge is -2.36. The third kappa shape index (κ3) is 3.13. The summed E-state index contributed by atoms with van der Waals surface area (Å²) in [6, 6.07) is 0. The maximum Gasteiger partial charge on any atom is 0.258 e. The molecule has 1 aliphatic carbocycles. The molecule has 1 unspecified atom stereocenters. The Hall–Kier alpha value is -1.14. The van der Waals surface area contributed by atoms with Crippen LogP contribution in [0.15, 0.2) is 4.99 Å². The van der Waals surface area contributed by atoms with E-state index in [4.69, 9.17) is 10.5 Å². The molecule has 6 nitrogen and oxygen atoms in total. The Bertz CT molecular complexity index is 419. The van der Waals surface area contributed by atoms with E-state index < -0.39 is 5.54 Å². The summed E-state index contributed by atoms with van der Waals surface area (Å²) in [4.78, 5) is 21.4. The Morgan fingerprint density at radius 3 is 2.55 bits per heavy atom. The van der Waals surface area contributed by atoms with Gasteiger partial charge in [0.1, 0.15) is 0 Å². The van der Waals surface area contributed by atoms with E-state index in [1.165, 1.54) is 37.0 Å². The molecule has 0 radical (unpaired) electrons. The number of aliphatic imine (C=N–C) groups is 1. The Morgan fingerprint density at radius 1 is 1.27 bits per heavy atom. The number of carbonyl (C=O) groups is 1. The summed E-state index contributed by atoms with van der Waals surface area (Å²) >= 11 is 0. The normalized spacial score (nSPS) is 31.6. The van der Waals surface area contributed by atoms with Gasteiger partial charge in [0, 0.05) is 26.7 Å². The second-order valence-corrected chi connectivity index (χ2v) is 6.96. The maximum absolute atomic E-state index is 12.9. The van der Waals surface area contributed by atoms with Crippen LogP contribution in [0, 0.1) is 5.92 Å². The average Bonchev–Trinajstić information content (AvgIpc) is 2.73. The topological polar surface area (TPSA) is 71.2 Å². The van der Waals surface area contributed by atoms with Crippen molar-refractivity contribution in [2.75, 3.05) is 39.9 Å². The number of hydrogen-bond acceptors (Lipinski definition) is 5. The predicted octanol–water partition coefficient (Wildman–Crippen LogP) is 0.815. The van der Waals surface area contributed by atoms with Crippen LogP contribution in [-0.2, 0) is 9.53 Å². The molecule has 0 bridgehead atoms. The van der Waals surface area contributed by atoms with Gasteiger partial charge in [0.25, 0.3) is 5.91 Å². The molecule has 1 amide bonds. The van der Waals surface area contributed by atoms with Crippen LogP contribution in [0.5, 0.6) is 0 Å². The van der Waals surface area contributed by atoms with Crippen LogP contribution in [0.2, 0.25) is 0 Å². The second kappa shape index (κ2) is 6.54. The molecule has 2 fully saturated rings. The number of nitrogens with zero attached hydrogens (tertiary/aromatic N) is 3. The zero-order valence-corrected chi connectivity index (χ0v) is 13.6. The smallest absolute Gasteiger partial charge is 0.258 e. The zero-order chi connectivity index (χ0) is 15.6. The highest BCUT2D eigenvalue weighted by Crippen LogP contribution is 2.36. The van der Waals surface area contributed by atoms with Crippen molar-refractivity contribution in [1.29, 1.82) is 0 Å². The minimum Gasteiger partial charge on any atom is -0.379 e. The summed E-state index contributed by atoms with van der Waals surface area (Å²) in [6.45, 7) is 3.90. The van der Waals surface area contributed by atoms with Gasteiger partial charge in [-0.1, -0.05) is 32.1 Å². The van der Waals surface area contributed by atoms with E-state index >= 15 is 0 Å². The number of carbonyl (C=O) groups excluding carboxylic acids is 1. The number of likely N-dealkylation sites (N-methyl/N-ethyl adjacent to an activating group) is 1. The number of hydrogen-bond donors (Lipinski definition) is 1. The van der Waals surface area contributed by atoms with Crippen LogP contribution in [0.25, 0.3) is 0 Å². The minimum atomic E-state index is -0.668. The summed E-state index contributed by atoms with van der Waals surface area (Å²) in [7, 11) is 1.74. The quantitative estimate of drug-likeness (QED) is 0.834. The van der Waals surface area contributed by atoms with Crippen LogP contribution in [0.3, 0.4) is 0 Å². The SMILES string of the molecule is CN1C(=O)C(CC2CCCCC2)(CN2CCOCC2)N=C1N. The van der Waals surface area contributed by atoms with Crippen molar-refractivity contribution in [1.82, 2.24) is 9.80 Å². The summed E-state index contributed by atoms with van der Waals surface area (Å²) in [5.41, 5.74) is 5.30. The fourth-order valence-corrected chi connectivity index (χ4v) is 4.06. The molecular weight excluding hydrogens is 280 g/mol. The van der Waals surface area contributed by atoms with E-state index in [0.29, 0.717) is 18.4 Å². The molecule has 22 heavy (non-hydrogen) atoms. The van der Waals surface area contributed by atoms with E-state index in [1.807, 2.05) is 0 Å². The highest BCUT2D eigenvalue weighted by Gasteiger charge is 2.48. The minimum absolute atomic E-state index is 0.0714. The predicted molar refractivity (Wildman–Crippen MR) is 85.6 cm³/mol. The first-order valence-electron chi connectivity index (χ1n) is 8.54. The summed E-state index contributed by atoms with van der Waals surface area (Å²) in [5.74, 6) is 1.04. The average molecular weight is 308 g/mol. The molecule has 0 aromatic rings. The fraction of sp³-hybridized carbons (Fsp3) is 0.875. The Kier molecular flexibility index (Phi) is 4.68. The number of ether oxygens (including phenoxy) is 1. The molecule has 6 heteroatoms. The van der Waals surface area contributed by atoms with Gasteiger partial charge in [0.05, 0.1) is 13.2 Å². The molecule has 1 atom stereocenters. The molecule has 0 aromatic heterocycles. The molecule has 3 aliphatic rings. The van der Waals surface area contributed by atoms with Gasteiger partial charge in [-0.3, -0.25) is 14.6 Å². The Balaban J connectivity index is 1.77. The maximum atomic E-state index is 12.9. The van der Waals surface area contributed by atoms with Crippen LogP contribution >= 0.6 is 0 Å². The third-order valence-electron chi connectivity index (χ3n) is 5.31. The van der Waals surface area contributed by atoms with E-state index in [1.54, 1.807) is 7.05 Å². The number of amides is 1. The van der Waals surface area contributed by atoms with E-state index in [-0.39, 0.29) is 5.91 Å². The summed E-state index contributed by atoms with van der Waals surface area (Å²) in [6.07, 6.45) is 7.16. The van der Waals surface area contributed by atoms with Crippen molar-refractivity contribution < 1.29 is 9.53 Å².